The zero-order valence-electron chi connectivity index (χ0n) is 22.7. The van der Waals surface area contributed by atoms with Crippen LogP contribution in [0.3, 0.4) is 0 Å². The fourth-order valence-electron chi connectivity index (χ4n) is 1.92. The molecule has 0 aromatic heterocycles. The summed E-state index contributed by atoms with van der Waals surface area (Å²) in [5.74, 6) is 7.47. The molecule has 0 aliphatic rings. The normalized spacial score (nSPS) is 12.0. The molecule has 0 aromatic rings. The fraction of sp³-hybridized carbons (Fsp3) is 0.905. The monoisotopic (exact) mass is 804 g/mol. The molecule has 0 spiro atoms. The Morgan fingerprint density at radius 1 is 0.610 bits per heavy atom. The Kier molecular flexibility index (Phi) is 40.2. The minimum atomic E-state index is -0.866. The van der Waals surface area contributed by atoms with Gasteiger partial charge < -0.3 is 14.9 Å². The predicted octanol–water partition coefficient (Wildman–Crippen LogP) is 5.42. The van der Waals surface area contributed by atoms with E-state index >= 15 is 0 Å². The lowest BCUT2D eigenvalue weighted by Gasteiger charge is -2.05. The van der Waals surface area contributed by atoms with E-state index in [4.69, 9.17) is 24.7 Å². The van der Waals surface area contributed by atoms with Gasteiger partial charge in [-0.1, -0.05) is 11.8 Å². The Morgan fingerprint density at radius 2 is 1.24 bits per heavy atom. The lowest BCUT2D eigenvalue weighted by molar-refractivity contribution is -0.274. The van der Waals surface area contributed by atoms with Crippen LogP contribution in [0, 0.1) is 0 Å². The van der Waals surface area contributed by atoms with Gasteiger partial charge >= 0.3 is 5.97 Å². The topological polar surface area (TPSA) is 119 Å². The zero-order valence-corrected chi connectivity index (χ0v) is 32.5. The van der Waals surface area contributed by atoms with Crippen molar-refractivity contribution in [1.82, 2.24) is 0 Å². The second kappa shape index (κ2) is 37.4. The molecule has 41 heavy (non-hydrogen) atoms. The second-order valence-electron chi connectivity index (χ2n) is 6.75. The first-order valence-electron chi connectivity index (χ1n) is 12.0. The smallest absolute Gasteiger partial charge is 0.316 e. The molecule has 0 saturated heterocycles. The van der Waals surface area contributed by atoms with Crippen LogP contribution in [0.15, 0.2) is 0 Å². The Labute approximate surface area is 294 Å². The number of thioether (sulfide) groups is 11. The molecule has 0 amide bonds. The molecule has 0 saturated carbocycles. The van der Waals surface area contributed by atoms with Crippen molar-refractivity contribution in [2.24, 2.45) is 0 Å². The third kappa shape index (κ3) is 37.3. The largest absolute Gasteiger partial charge is 0.454 e. The van der Waals surface area contributed by atoms with Gasteiger partial charge in [0.2, 0.25) is 0 Å². The van der Waals surface area contributed by atoms with E-state index in [0.717, 1.165) is 49.8 Å². The molecule has 244 valence electrons. The highest BCUT2D eigenvalue weighted by atomic mass is 32.3. The van der Waals surface area contributed by atoms with Crippen molar-refractivity contribution < 1.29 is 38.5 Å². The molecule has 0 fully saturated rings. The van der Waals surface area contributed by atoms with E-state index in [-0.39, 0.29) is 23.0 Å². The number of hydrogen-bond donors (Lipinski definition) is 2. The zero-order chi connectivity index (χ0) is 30.1. The maximum absolute atomic E-state index is 12.1. The van der Waals surface area contributed by atoms with E-state index < -0.39 is 10.8 Å². The number of esters is 1. The molecule has 1 unspecified atom stereocenters. The summed E-state index contributed by atoms with van der Waals surface area (Å²) in [6.45, 7) is 0.516. The van der Waals surface area contributed by atoms with Gasteiger partial charge in [-0.25, -0.2) is 9.78 Å². The average Bonchev–Trinajstić information content (AvgIpc) is 2.96. The number of hydrogen-bond acceptors (Lipinski definition) is 19. The highest BCUT2D eigenvalue weighted by Crippen LogP contribution is 2.22. The minimum absolute atomic E-state index is 0.118. The molecule has 0 aliphatic carbocycles. The van der Waals surface area contributed by atoms with Gasteiger partial charge in [-0.15, -0.1) is 106 Å². The van der Waals surface area contributed by atoms with E-state index in [1.165, 1.54) is 58.8 Å². The van der Waals surface area contributed by atoms with Gasteiger partial charge in [0.15, 0.2) is 5.12 Å². The first-order valence-corrected chi connectivity index (χ1v) is 26.0. The van der Waals surface area contributed by atoms with E-state index in [2.05, 4.69) is 0 Å². The number of carbonyl (C=O) groups is 2. The van der Waals surface area contributed by atoms with Crippen LogP contribution in [0.25, 0.3) is 0 Å². The number of aliphatic hydroxyl groups excluding tert-OH is 2. The van der Waals surface area contributed by atoms with Gasteiger partial charge in [0, 0.05) is 71.4 Å². The Morgan fingerprint density at radius 3 is 1.98 bits per heavy atom. The lowest BCUT2D eigenvalue weighted by atomic mass is 10.8. The molecule has 20 heteroatoms. The summed E-state index contributed by atoms with van der Waals surface area (Å²) in [5.41, 5.74) is 0. The SMILES string of the molecule is O=C(CSCSCCS(=O)CSCSCSC(=O)CSCSCCOOCSCCSCO)OCSCCSCO. The maximum atomic E-state index is 12.1. The maximum Gasteiger partial charge on any atom is 0.316 e. The molecule has 8 nitrogen and oxygen atoms in total. The first kappa shape index (κ1) is 44.0. The van der Waals surface area contributed by atoms with Crippen molar-refractivity contribution in [1.29, 1.82) is 0 Å². The second-order valence-corrected chi connectivity index (χ2v) is 21.6. The summed E-state index contributed by atoms with van der Waals surface area (Å²) in [6.07, 6.45) is 0. The Balaban J connectivity index is 3.33. The molecule has 0 aliphatic heterocycles. The summed E-state index contributed by atoms with van der Waals surface area (Å²) in [6, 6.07) is 0. The van der Waals surface area contributed by atoms with Crippen molar-refractivity contribution in [3.8, 4) is 0 Å². The van der Waals surface area contributed by atoms with Crippen LogP contribution in [0.5, 0.6) is 0 Å². The standard InChI is InChI=1S/C21H40O8S12/c22-11-30-3-5-32-13-27-20(24)9-36-16-35-7-8-41(26)19-39-17-38-18-40-21(25)10-37-15-34-2-1-28-29-14-33-6-4-31-12-23/h22-23H,1-19H2. The van der Waals surface area contributed by atoms with E-state index in [0.29, 0.717) is 45.9 Å². The predicted molar refractivity (Wildman–Crippen MR) is 202 cm³/mol. The van der Waals surface area contributed by atoms with E-state index in [9.17, 15) is 13.8 Å². The molecule has 0 bridgehead atoms. The Hall–Kier alpha value is 2.98. The first-order chi connectivity index (χ1) is 20.1. The fourth-order valence-corrected chi connectivity index (χ4v) is 13.9. The van der Waals surface area contributed by atoms with Gasteiger partial charge in [0.25, 0.3) is 0 Å². The van der Waals surface area contributed by atoms with Gasteiger partial charge in [-0.3, -0.25) is 13.8 Å². The number of ether oxygens (including phenoxy) is 1. The lowest BCUT2D eigenvalue weighted by Crippen LogP contribution is -2.08. The molecule has 0 aromatic carbocycles. The summed E-state index contributed by atoms with van der Waals surface area (Å²) < 4.78 is 17.3. The summed E-state index contributed by atoms with van der Waals surface area (Å²) in [7, 11) is -0.866. The van der Waals surface area contributed by atoms with Crippen molar-refractivity contribution in [3.05, 3.63) is 0 Å². The van der Waals surface area contributed by atoms with Gasteiger partial charge in [-0.2, -0.15) is 11.8 Å². The summed E-state index contributed by atoms with van der Waals surface area (Å²) >= 11 is 17.3. The third-order valence-electron chi connectivity index (χ3n) is 3.67. The van der Waals surface area contributed by atoms with Crippen LogP contribution in [0.2, 0.25) is 0 Å². The minimum Gasteiger partial charge on any atom is -0.454 e. The highest BCUT2D eigenvalue weighted by molar-refractivity contribution is 8.29. The third-order valence-corrected chi connectivity index (χ3v) is 17.3. The van der Waals surface area contributed by atoms with Crippen molar-refractivity contribution in [3.63, 3.8) is 0 Å². The molecule has 0 rings (SSSR count). The van der Waals surface area contributed by atoms with E-state index in [1.807, 2.05) is 0 Å². The number of rotatable bonds is 33. The van der Waals surface area contributed by atoms with Gasteiger partial charge in [0.1, 0.15) is 11.9 Å². The molecule has 1 atom stereocenters. The molecular formula is C21H40O8S12. The quantitative estimate of drug-likeness (QED) is 0.0289. The van der Waals surface area contributed by atoms with Crippen LogP contribution in [0.1, 0.15) is 0 Å². The number of aliphatic hydroxyl groups is 2. The molecule has 2 N–H and O–H groups in total. The average molecular weight is 805 g/mol. The van der Waals surface area contributed by atoms with E-state index in [1.54, 1.807) is 70.6 Å². The van der Waals surface area contributed by atoms with Crippen LogP contribution in [-0.4, -0.2) is 133 Å². The van der Waals surface area contributed by atoms with Crippen LogP contribution >= 0.6 is 129 Å². The molecule has 0 heterocycles. The van der Waals surface area contributed by atoms with Crippen LogP contribution in [0.4, 0.5) is 0 Å². The molecule has 0 radical (unpaired) electrons. The van der Waals surface area contributed by atoms with Gasteiger partial charge in [0.05, 0.1) is 35.1 Å². The summed E-state index contributed by atoms with van der Waals surface area (Å²) in [4.78, 5) is 33.8. The van der Waals surface area contributed by atoms with Crippen molar-refractivity contribution >= 4 is 151 Å². The number of carbonyl (C=O) groups excluding carboxylic acids is 2. The summed E-state index contributed by atoms with van der Waals surface area (Å²) in [5, 5.41) is 21.3. The Bertz CT molecular complexity index is 627. The van der Waals surface area contributed by atoms with Crippen LogP contribution < -0.4 is 0 Å². The molecular weight excluding hydrogens is 765 g/mol. The van der Waals surface area contributed by atoms with Crippen LogP contribution in [-0.2, 0) is 34.9 Å². The highest BCUT2D eigenvalue weighted by Gasteiger charge is 2.06. The van der Waals surface area contributed by atoms with Crippen molar-refractivity contribution in [2.45, 2.75) is 0 Å². The van der Waals surface area contributed by atoms with Gasteiger partial charge in [-0.05, 0) is 0 Å². The van der Waals surface area contributed by atoms with Crippen molar-refractivity contribution in [2.75, 3.05) is 108 Å².